The molecule has 0 aliphatic carbocycles. The van der Waals surface area contributed by atoms with Crippen molar-refractivity contribution in [2.24, 2.45) is 0 Å². The van der Waals surface area contributed by atoms with E-state index in [0.717, 1.165) is 4.90 Å². The van der Waals surface area contributed by atoms with Crippen LogP contribution in [0.4, 0.5) is 13.6 Å². The molecule has 2 aromatic carbocycles. The Hall–Kier alpha value is -3.04. The summed E-state index contributed by atoms with van der Waals surface area (Å²) in [6.07, 6.45) is 0. The van der Waals surface area contributed by atoms with Crippen LogP contribution in [0.15, 0.2) is 41.3 Å². The molecule has 3 N–H and O–H groups in total. The van der Waals surface area contributed by atoms with Gasteiger partial charge in [-0.2, -0.15) is 4.31 Å². The van der Waals surface area contributed by atoms with E-state index in [-0.39, 0.29) is 12.3 Å². The van der Waals surface area contributed by atoms with Gasteiger partial charge in [0.25, 0.3) is 5.91 Å². The quantitative estimate of drug-likeness (QED) is 0.275. The van der Waals surface area contributed by atoms with E-state index in [0.29, 0.717) is 21.5 Å². The summed E-state index contributed by atoms with van der Waals surface area (Å²) < 4.78 is 61.6. The van der Waals surface area contributed by atoms with E-state index >= 15 is 0 Å². The zero-order chi connectivity index (χ0) is 26.6. The van der Waals surface area contributed by atoms with Gasteiger partial charge in [0.15, 0.2) is 17.4 Å². The number of nitrogens with zero attached hydrogens (tertiary/aromatic N) is 2. The number of nitrogens with one attached hydrogen (secondary N) is 2. The van der Waals surface area contributed by atoms with Crippen LogP contribution in [0, 0.1) is 11.6 Å². The Kier molecular flexibility index (Phi) is 8.68. The monoisotopic (exact) mass is 566 g/mol. The third kappa shape index (κ3) is 6.02. The van der Waals surface area contributed by atoms with Gasteiger partial charge in [-0.1, -0.05) is 11.6 Å². The summed E-state index contributed by atoms with van der Waals surface area (Å²) >= 11 is 11.1. The fourth-order valence-electron chi connectivity index (χ4n) is 3.30. The van der Waals surface area contributed by atoms with Crippen LogP contribution in [-0.2, 0) is 19.6 Å². The first-order valence-electron chi connectivity index (χ1n) is 10.0. The lowest BCUT2D eigenvalue weighted by molar-refractivity contribution is -0.134. The summed E-state index contributed by atoms with van der Waals surface area (Å²) in [7, 11) is -4.72. The SMILES string of the molecule is O=C(CCl)NC(=O)N1CCN(S(=O)(=O)c2cc(F)c(Oc3ccc(Cl)cc3)c(F)c2)[C@H](C(=O)NO)C1. The van der Waals surface area contributed by atoms with Crippen LogP contribution in [-0.4, -0.2) is 72.2 Å². The van der Waals surface area contributed by atoms with Gasteiger partial charge in [0.2, 0.25) is 15.9 Å². The Morgan fingerprint density at radius 2 is 1.72 bits per heavy atom. The summed E-state index contributed by atoms with van der Waals surface area (Å²) in [4.78, 5) is 35.9. The number of carbonyl (C=O) groups is 3. The van der Waals surface area contributed by atoms with E-state index < -0.39 is 75.2 Å². The van der Waals surface area contributed by atoms with Crippen LogP contribution in [0.3, 0.4) is 0 Å². The Labute approximate surface area is 213 Å². The van der Waals surface area contributed by atoms with E-state index in [1.54, 1.807) is 0 Å². The topological polar surface area (TPSA) is 145 Å². The summed E-state index contributed by atoms with van der Waals surface area (Å²) in [5, 5.41) is 11.4. The van der Waals surface area contributed by atoms with Gasteiger partial charge < -0.3 is 9.64 Å². The minimum Gasteiger partial charge on any atom is -0.451 e. The maximum atomic E-state index is 14.7. The van der Waals surface area contributed by atoms with Crippen LogP contribution in [0.2, 0.25) is 5.02 Å². The fraction of sp³-hybridized carbons (Fsp3) is 0.250. The molecule has 4 amide bonds. The molecule has 11 nitrogen and oxygen atoms in total. The lowest BCUT2D eigenvalue weighted by Crippen LogP contribution is -2.62. The molecule has 0 bridgehead atoms. The highest BCUT2D eigenvalue weighted by Crippen LogP contribution is 2.32. The predicted molar refractivity (Wildman–Crippen MR) is 121 cm³/mol. The number of piperazine rings is 1. The third-order valence-electron chi connectivity index (χ3n) is 5.01. The van der Waals surface area contributed by atoms with Crippen LogP contribution in [0.25, 0.3) is 0 Å². The molecular weight excluding hydrogens is 549 g/mol. The number of imide groups is 1. The van der Waals surface area contributed by atoms with Crippen molar-refractivity contribution in [2.45, 2.75) is 10.9 Å². The number of halogens is 4. The molecule has 36 heavy (non-hydrogen) atoms. The highest BCUT2D eigenvalue weighted by atomic mass is 35.5. The number of urea groups is 1. The van der Waals surface area contributed by atoms with E-state index in [9.17, 15) is 31.6 Å². The van der Waals surface area contributed by atoms with Gasteiger partial charge in [-0.3, -0.25) is 20.1 Å². The standard InChI is InChI=1S/C20H18Cl2F2N4O7S/c21-9-17(29)25-20(31)27-5-6-28(16(10-27)19(30)26-32)36(33,34)13-7-14(23)18(15(24)8-13)35-12-3-1-11(22)2-4-12/h1-4,7-8,16,32H,5-6,9-10H2,(H,26,30)(H,25,29,31)/t16-/m0/s1. The maximum absolute atomic E-state index is 14.7. The number of hydrogen-bond acceptors (Lipinski definition) is 7. The zero-order valence-electron chi connectivity index (χ0n) is 18.1. The molecule has 1 atom stereocenters. The van der Waals surface area contributed by atoms with Crippen molar-refractivity contribution in [1.29, 1.82) is 0 Å². The first-order valence-corrected chi connectivity index (χ1v) is 12.4. The highest BCUT2D eigenvalue weighted by molar-refractivity contribution is 7.89. The number of alkyl halides is 1. The van der Waals surface area contributed by atoms with E-state index in [4.69, 9.17) is 33.1 Å². The molecule has 0 spiro atoms. The zero-order valence-corrected chi connectivity index (χ0v) is 20.4. The van der Waals surface area contributed by atoms with E-state index in [2.05, 4.69) is 0 Å². The van der Waals surface area contributed by atoms with Gasteiger partial charge in [0.1, 0.15) is 17.7 Å². The van der Waals surface area contributed by atoms with Gasteiger partial charge in [0.05, 0.1) is 4.90 Å². The second-order valence-corrected chi connectivity index (χ2v) is 9.91. The minimum atomic E-state index is -4.72. The number of carbonyl (C=O) groups excluding carboxylic acids is 3. The Balaban J connectivity index is 1.88. The first-order chi connectivity index (χ1) is 17.0. The second kappa shape index (κ2) is 11.3. The van der Waals surface area contributed by atoms with Gasteiger partial charge in [0, 0.05) is 24.7 Å². The van der Waals surface area contributed by atoms with Crippen molar-refractivity contribution in [3.63, 3.8) is 0 Å². The molecule has 0 saturated carbocycles. The van der Waals surface area contributed by atoms with Crippen LogP contribution in [0.1, 0.15) is 0 Å². The smallest absolute Gasteiger partial charge is 0.324 e. The van der Waals surface area contributed by atoms with Crippen molar-refractivity contribution in [2.75, 3.05) is 25.5 Å². The van der Waals surface area contributed by atoms with Crippen LogP contribution in [0.5, 0.6) is 11.5 Å². The van der Waals surface area contributed by atoms with Gasteiger partial charge in [-0.05, 0) is 36.4 Å². The van der Waals surface area contributed by atoms with Crippen molar-refractivity contribution in [3.05, 3.63) is 53.1 Å². The molecule has 194 valence electrons. The number of amides is 4. The molecule has 16 heteroatoms. The second-order valence-electron chi connectivity index (χ2n) is 7.31. The summed E-state index contributed by atoms with van der Waals surface area (Å²) in [5.41, 5.74) is 1.29. The third-order valence-corrected chi connectivity index (χ3v) is 7.39. The fourth-order valence-corrected chi connectivity index (χ4v) is 5.09. The molecule has 1 aliphatic rings. The highest BCUT2D eigenvalue weighted by Gasteiger charge is 2.42. The predicted octanol–water partition coefficient (Wildman–Crippen LogP) is 2.07. The number of ether oxygens (including phenoxy) is 1. The Morgan fingerprint density at radius 1 is 1.11 bits per heavy atom. The van der Waals surface area contributed by atoms with Crippen LogP contribution >= 0.6 is 23.2 Å². The Bertz CT molecular complexity index is 1260. The average Bonchev–Trinajstić information content (AvgIpc) is 2.86. The average molecular weight is 567 g/mol. The molecule has 1 heterocycles. The van der Waals surface area contributed by atoms with Crippen molar-refractivity contribution in [1.82, 2.24) is 20.0 Å². The first kappa shape index (κ1) is 27.5. The summed E-state index contributed by atoms with van der Waals surface area (Å²) in [6.45, 7) is -1.39. The number of rotatable bonds is 6. The molecule has 0 radical (unpaired) electrons. The normalized spacial score (nSPS) is 16.4. The van der Waals surface area contributed by atoms with Crippen molar-refractivity contribution in [3.8, 4) is 11.5 Å². The van der Waals surface area contributed by atoms with Crippen molar-refractivity contribution < 1.29 is 41.5 Å². The largest absolute Gasteiger partial charge is 0.451 e. The maximum Gasteiger partial charge on any atom is 0.324 e. The lowest BCUT2D eigenvalue weighted by atomic mass is 10.2. The molecule has 2 aromatic rings. The van der Waals surface area contributed by atoms with Gasteiger partial charge >= 0.3 is 6.03 Å². The van der Waals surface area contributed by atoms with Crippen molar-refractivity contribution >= 4 is 51.1 Å². The van der Waals surface area contributed by atoms with Gasteiger partial charge in [-0.15, -0.1) is 11.6 Å². The molecule has 1 aliphatic heterocycles. The number of sulfonamides is 1. The van der Waals surface area contributed by atoms with Crippen LogP contribution < -0.4 is 15.5 Å². The molecule has 1 saturated heterocycles. The summed E-state index contributed by atoms with van der Waals surface area (Å²) in [5.74, 6) is -6.08. The van der Waals surface area contributed by atoms with Gasteiger partial charge in [-0.25, -0.2) is 27.5 Å². The molecule has 0 aromatic heterocycles. The number of benzene rings is 2. The molecule has 0 unspecified atom stereocenters. The Morgan fingerprint density at radius 3 is 2.28 bits per heavy atom. The molecule has 3 rings (SSSR count). The minimum absolute atomic E-state index is 0.0366. The summed E-state index contributed by atoms with van der Waals surface area (Å²) in [6, 6.07) is 3.91. The van der Waals surface area contributed by atoms with E-state index in [1.807, 2.05) is 5.32 Å². The number of hydroxylamine groups is 1. The van der Waals surface area contributed by atoms with E-state index in [1.165, 1.54) is 29.7 Å². The molecular formula is C20H18Cl2F2N4O7S. The lowest BCUT2D eigenvalue weighted by Gasteiger charge is -2.39. The molecule has 1 fully saturated rings. The number of hydrogen-bond donors (Lipinski definition) is 3.